The second kappa shape index (κ2) is 6.22. The predicted molar refractivity (Wildman–Crippen MR) is 103 cm³/mol. The van der Waals surface area contributed by atoms with Crippen LogP contribution in [0.2, 0.25) is 0 Å². The van der Waals surface area contributed by atoms with Crippen LogP contribution in [0.1, 0.15) is 17.5 Å². The first-order chi connectivity index (χ1) is 13.5. The largest absolute Gasteiger partial charge is 0.456 e. The van der Waals surface area contributed by atoms with Gasteiger partial charge in [0, 0.05) is 22.1 Å². The van der Waals surface area contributed by atoms with Crippen molar-refractivity contribution in [2.75, 3.05) is 6.01 Å². The highest BCUT2D eigenvalue weighted by atomic mass is 32.2. The summed E-state index contributed by atoms with van der Waals surface area (Å²) in [6.07, 6.45) is 3.65. The lowest BCUT2D eigenvalue weighted by Crippen LogP contribution is -2.26. The Morgan fingerprint density at radius 2 is 1.93 bits per heavy atom. The van der Waals surface area contributed by atoms with Gasteiger partial charge in [0.2, 0.25) is 9.84 Å². The zero-order valence-electron chi connectivity index (χ0n) is 14.6. The van der Waals surface area contributed by atoms with E-state index < -0.39 is 21.6 Å². The van der Waals surface area contributed by atoms with Crippen LogP contribution in [-0.4, -0.2) is 14.4 Å². The Balaban J connectivity index is 1.67. The van der Waals surface area contributed by atoms with E-state index in [2.05, 4.69) is 0 Å². The molecule has 2 heterocycles. The zero-order valence-corrected chi connectivity index (χ0v) is 16.2. The molecule has 0 bridgehead atoms. The fraction of sp³-hybridized carbons (Fsp3) is 0.200. The highest BCUT2D eigenvalue weighted by Gasteiger charge is 2.49. The Labute approximate surface area is 164 Å². The molecule has 0 atom stereocenters. The van der Waals surface area contributed by atoms with Crippen molar-refractivity contribution < 1.29 is 27.0 Å². The summed E-state index contributed by atoms with van der Waals surface area (Å²) >= 11 is 1.61. The molecular weight excluding hydrogens is 403 g/mol. The van der Waals surface area contributed by atoms with E-state index in [4.69, 9.17) is 14.2 Å². The summed E-state index contributed by atoms with van der Waals surface area (Å²) in [6.45, 7) is 0. The predicted octanol–water partition coefficient (Wildman–Crippen LogP) is 5.01. The molecule has 0 fully saturated rings. The minimum Gasteiger partial charge on any atom is -0.456 e. The van der Waals surface area contributed by atoms with Crippen LogP contribution in [0, 0.1) is 0 Å². The molecule has 0 amide bonds. The molecule has 0 saturated heterocycles. The highest BCUT2D eigenvalue weighted by Crippen LogP contribution is 2.50. The van der Waals surface area contributed by atoms with E-state index in [9.17, 15) is 12.8 Å². The maximum atomic E-state index is 13.3. The lowest BCUT2D eigenvalue weighted by atomic mass is 10.1. The first kappa shape index (κ1) is 17.5. The molecular formula is C20H15FO5S2. The van der Waals surface area contributed by atoms with Crippen LogP contribution >= 0.6 is 11.3 Å². The quantitative estimate of drug-likeness (QED) is 0.596. The van der Waals surface area contributed by atoms with Crippen molar-refractivity contribution in [1.82, 2.24) is 0 Å². The van der Waals surface area contributed by atoms with Crippen LogP contribution in [0.25, 0.3) is 10.1 Å². The number of hydrogen-bond acceptors (Lipinski definition) is 6. The molecule has 8 heteroatoms. The first-order valence-electron chi connectivity index (χ1n) is 8.64. The molecule has 28 heavy (non-hydrogen) atoms. The summed E-state index contributed by atoms with van der Waals surface area (Å²) in [5, 5.41) is 2.96. The fourth-order valence-corrected chi connectivity index (χ4v) is 5.60. The van der Waals surface area contributed by atoms with Gasteiger partial charge >= 0.3 is 0 Å². The second-order valence-corrected chi connectivity index (χ2v) is 9.43. The molecule has 5 nitrogen and oxygen atoms in total. The van der Waals surface area contributed by atoms with Crippen molar-refractivity contribution >= 4 is 31.3 Å². The summed E-state index contributed by atoms with van der Waals surface area (Å²) in [4.78, 5) is -0.118. The number of benzene rings is 2. The Morgan fingerprint density at radius 1 is 1.11 bits per heavy atom. The van der Waals surface area contributed by atoms with E-state index >= 15 is 0 Å². The third-order valence-corrected chi connectivity index (χ3v) is 7.22. The van der Waals surface area contributed by atoms with Crippen LogP contribution in [0.5, 0.6) is 11.5 Å². The van der Waals surface area contributed by atoms with Gasteiger partial charge in [0.1, 0.15) is 24.0 Å². The summed E-state index contributed by atoms with van der Waals surface area (Å²) in [5.74, 6) is -0.0578. The molecule has 1 aliphatic heterocycles. The van der Waals surface area contributed by atoms with Gasteiger partial charge < -0.3 is 14.2 Å². The number of thiophene rings is 1. The number of hydrogen-bond donors (Lipinski definition) is 0. The van der Waals surface area contributed by atoms with Crippen LogP contribution in [0.15, 0.2) is 59.2 Å². The van der Waals surface area contributed by atoms with E-state index in [0.29, 0.717) is 35.5 Å². The van der Waals surface area contributed by atoms with Gasteiger partial charge in [-0.2, -0.15) is 0 Å². The molecule has 1 spiro atoms. The van der Waals surface area contributed by atoms with Crippen LogP contribution < -0.4 is 4.74 Å². The van der Waals surface area contributed by atoms with Gasteiger partial charge in [-0.05, 0) is 42.1 Å². The Morgan fingerprint density at radius 3 is 2.71 bits per heavy atom. The van der Waals surface area contributed by atoms with Crippen molar-refractivity contribution in [3.8, 4) is 11.5 Å². The number of rotatable bonds is 4. The Hall–Kier alpha value is -2.58. The summed E-state index contributed by atoms with van der Waals surface area (Å²) in [7, 11) is -4.11. The number of halogens is 1. The van der Waals surface area contributed by atoms with E-state index in [-0.39, 0.29) is 4.90 Å². The number of alkyl halides is 1. The van der Waals surface area contributed by atoms with Gasteiger partial charge in [-0.15, -0.1) is 11.3 Å². The van der Waals surface area contributed by atoms with Crippen LogP contribution in [0.4, 0.5) is 4.39 Å². The molecule has 144 valence electrons. The highest BCUT2D eigenvalue weighted by molar-refractivity contribution is 7.91. The molecule has 0 saturated carbocycles. The van der Waals surface area contributed by atoms with Crippen LogP contribution in [-0.2, 0) is 31.5 Å². The monoisotopic (exact) mass is 418 g/mol. The molecule has 3 aromatic rings. The third kappa shape index (κ3) is 2.51. The van der Waals surface area contributed by atoms with Crippen molar-refractivity contribution in [1.29, 1.82) is 0 Å². The molecule has 1 aromatic heterocycles. The lowest BCUT2D eigenvalue weighted by molar-refractivity contribution is -0.148. The van der Waals surface area contributed by atoms with Gasteiger partial charge in [0.25, 0.3) is 5.79 Å². The third-order valence-electron chi connectivity index (χ3n) is 5.04. The maximum Gasteiger partial charge on any atom is 0.278 e. The minimum absolute atomic E-state index is 0.118. The topological polar surface area (TPSA) is 61.8 Å². The second-order valence-electron chi connectivity index (χ2n) is 6.59. The van der Waals surface area contributed by atoms with E-state index in [0.717, 1.165) is 10.1 Å². The minimum atomic E-state index is -4.11. The Bertz CT molecular complexity index is 1200. The van der Waals surface area contributed by atoms with Crippen LogP contribution in [0.3, 0.4) is 0 Å². The van der Waals surface area contributed by atoms with Gasteiger partial charge in [0.15, 0.2) is 6.01 Å². The van der Waals surface area contributed by atoms with Crippen molar-refractivity contribution in [2.24, 2.45) is 0 Å². The van der Waals surface area contributed by atoms with Gasteiger partial charge in [-0.3, -0.25) is 0 Å². The van der Waals surface area contributed by atoms with E-state index in [1.807, 2.05) is 29.6 Å². The smallest absolute Gasteiger partial charge is 0.278 e. The molecule has 0 radical (unpaired) electrons. The summed E-state index contributed by atoms with van der Waals surface area (Å²) in [5.41, 5.74) is 0.982. The fourth-order valence-electron chi connectivity index (χ4n) is 3.81. The average molecular weight is 418 g/mol. The van der Waals surface area contributed by atoms with Crippen molar-refractivity contribution in [3.63, 3.8) is 0 Å². The molecule has 0 unspecified atom stereocenters. The van der Waals surface area contributed by atoms with Gasteiger partial charge in [-0.25, -0.2) is 12.8 Å². The molecule has 0 N–H and O–H groups in total. The molecule has 5 rings (SSSR count). The first-order valence-corrected chi connectivity index (χ1v) is 11.2. The van der Waals surface area contributed by atoms with Gasteiger partial charge in [0.05, 0.1) is 10.5 Å². The van der Waals surface area contributed by atoms with E-state index in [1.54, 1.807) is 17.4 Å². The molecule has 2 aliphatic rings. The molecule has 1 aliphatic carbocycles. The number of fused-ring (bicyclic) bond motifs is 3. The SMILES string of the molecule is O=S(=O)(CF)c1ccc(Oc2cccc3sccc23)c2c1C1(CC2)OC=CO1. The average Bonchev–Trinajstić information content (AvgIpc) is 3.44. The molecule has 2 aromatic carbocycles. The Kier molecular flexibility index (Phi) is 3.89. The van der Waals surface area contributed by atoms with Gasteiger partial charge in [-0.1, -0.05) is 6.07 Å². The summed E-state index contributed by atoms with van der Waals surface area (Å²) < 4.78 is 56.5. The lowest BCUT2D eigenvalue weighted by Gasteiger charge is -2.25. The van der Waals surface area contributed by atoms with Crippen molar-refractivity contribution in [3.05, 3.63) is 65.4 Å². The normalized spacial score (nSPS) is 16.9. The summed E-state index contributed by atoms with van der Waals surface area (Å²) in [6, 6.07) is 9.22. The standard InChI is InChI=1S/C20H15FO5S2/c21-12-28(22,23)18-5-4-16(14-6-8-20(19(14)18)24-9-10-25-20)26-15-2-1-3-17-13(15)7-11-27-17/h1-5,7,9-11H,6,8,12H2. The van der Waals surface area contributed by atoms with Crippen molar-refractivity contribution in [2.45, 2.75) is 23.5 Å². The van der Waals surface area contributed by atoms with E-state index in [1.165, 1.54) is 18.6 Å². The number of ether oxygens (including phenoxy) is 3. The zero-order chi connectivity index (χ0) is 19.4. The maximum absolute atomic E-state index is 13.3. The number of sulfone groups is 1.